The fraction of sp³-hybridized carbons (Fsp3) is 0.149. The summed E-state index contributed by atoms with van der Waals surface area (Å²) in [4.78, 5) is 9.76. The maximum absolute atomic E-state index is 6.78. The molecule has 52 heavy (non-hydrogen) atoms. The topological polar surface area (TPSA) is 44.2 Å². The van der Waals surface area contributed by atoms with Gasteiger partial charge in [0, 0.05) is 35.0 Å². The van der Waals surface area contributed by atoms with Crippen LogP contribution >= 0.6 is 0 Å². The van der Waals surface area contributed by atoms with Crippen LogP contribution in [0.15, 0.2) is 140 Å². The van der Waals surface area contributed by atoms with Gasteiger partial charge >= 0.3 is 21.1 Å². The molecule has 7 aromatic rings. The first-order valence-electron chi connectivity index (χ1n) is 17.3. The molecule has 0 amide bonds. The summed E-state index contributed by atoms with van der Waals surface area (Å²) < 4.78 is 13.3. The monoisotopic (exact) mass is 857 g/mol. The molecule has 5 aromatic carbocycles. The Balaban J connectivity index is 0.00000420. The van der Waals surface area contributed by atoms with Crippen LogP contribution in [-0.2, 0) is 31.9 Å². The zero-order valence-corrected chi connectivity index (χ0v) is 32.1. The predicted molar refractivity (Wildman–Crippen MR) is 204 cm³/mol. The van der Waals surface area contributed by atoms with Gasteiger partial charge in [0.25, 0.3) is 0 Å². The Labute approximate surface area is 320 Å². The van der Waals surface area contributed by atoms with E-state index in [0.29, 0.717) is 11.5 Å². The largest absolute Gasteiger partial charge is 2.00 e. The number of aryl methyl sites for hydroxylation is 2. The van der Waals surface area contributed by atoms with Gasteiger partial charge in [0.15, 0.2) is 0 Å². The summed E-state index contributed by atoms with van der Waals surface area (Å²) in [5.74, 6) is 2.72. The molecule has 0 fully saturated rings. The van der Waals surface area contributed by atoms with Crippen LogP contribution in [0.4, 0.5) is 0 Å². The van der Waals surface area contributed by atoms with E-state index in [2.05, 4.69) is 113 Å². The minimum atomic E-state index is -0.807. The number of rotatable bonds is 6. The number of fused-ring (bicyclic) bond motifs is 2. The molecule has 0 atom stereocenters. The second-order valence-electron chi connectivity index (χ2n) is 14.2. The van der Waals surface area contributed by atoms with E-state index >= 15 is 0 Å². The standard InChI is InChI=1S/C47H38N2O2.Pt/c1-31-14-12-15-32(2)45(31)34-26-33(41-30-35(23-25-48-41)46(3,4)5)27-38(28-34)50-37-17-13-16-36(29-37)47(44-22-10-11-24-49-44)39-18-6-8-20-42(39)51-43-21-9-7-19-40(43)47;/h6-26,28,30H,1-5H3;/q-2;+2. The maximum atomic E-state index is 6.78. The van der Waals surface area contributed by atoms with Crippen LogP contribution in [-0.4, -0.2) is 9.97 Å². The normalized spacial score (nSPS) is 12.9. The van der Waals surface area contributed by atoms with Gasteiger partial charge in [-0.25, -0.2) is 0 Å². The Morgan fingerprint density at radius 2 is 1.31 bits per heavy atom. The molecule has 3 heterocycles. The molecule has 5 heteroatoms. The van der Waals surface area contributed by atoms with E-state index in [-0.39, 0.29) is 26.5 Å². The maximum Gasteiger partial charge on any atom is 2.00 e. The predicted octanol–water partition coefficient (Wildman–Crippen LogP) is 11.6. The van der Waals surface area contributed by atoms with Crippen LogP contribution in [0.1, 0.15) is 59.8 Å². The van der Waals surface area contributed by atoms with Crippen molar-refractivity contribution in [3.05, 3.63) is 191 Å². The van der Waals surface area contributed by atoms with E-state index in [0.717, 1.165) is 50.7 Å². The molecule has 0 spiro atoms. The van der Waals surface area contributed by atoms with Crippen molar-refractivity contribution in [1.82, 2.24) is 9.97 Å². The molecule has 0 radical (unpaired) electrons. The molecule has 0 saturated heterocycles. The van der Waals surface area contributed by atoms with Gasteiger partial charge < -0.3 is 14.5 Å². The van der Waals surface area contributed by atoms with Crippen molar-refractivity contribution in [1.29, 1.82) is 0 Å². The third-order valence-electron chi connectivity index (χ3n) is 9.76. The van der Waals surface area contributed by atoms with E-state index in [9.17, 15) is 0 Å². The molecular formula is C47H38N2O2Pt. The minimum Gasteiger partial charge on any atom is -0.503 e. The molecule has 258 valence electrons. The molecule has 0 unspecified atom stereocenters. The number of hydrogen-bond donors (Lipinski definition) is 0. The van der Waals surface area contributed by atoms with Gasteiger partial charge in [-0.2, -0.15) is 12.1 Å². The zero-order chi connectivity index (χ0) is 35.2. The number of aromatic nitrogens is 2. The number of para-hydroxylation sites is 2. The van der Waals surface area contributed by atoms with Gasteiger partial charge in [-0.15, -0.1) is 29.3 Å². The van der Waals surface area contributed by atoms with Crippen molar-refractivity contribution in [2.45, 2.75) is 45.4 Å². The second kappa shape index (κ2) is 14.0. The average Bonchev–Trinajstić information content (AvgIpc) is 3.14. The van der Waals surface area contributed by atoms with Crippen LogP contribution < -0.4 is 9.47 Å². The first-order chi connectivity index (χ1) is 24.7. The molecule has 1 aliphatic rings. The Morgan fingerprint density at radius 3 is 1.98 bits per heavy atom. The molecule has 0 aliphatic carbocycles. The summed E-state index contributed by atoms with van der Waals surface area (Å²) >= 11 is 0. The molecule has 2 aromatic heterocycles. The van der Waals surface area contributed by atoms with Crippen molar-refractivity contribution in [3.63, 3.8) is 0 Å². The van der Waals surface area contributed by atoms with E-state index in [1.165, 1.54) is 22.3 Å². The van der Waals surface area contributed by atoms with Gasteiger partial charge in [-0.1, -0.05) is 105 Å². The van der Waals surface area contributed by atoms with Crippen LogP contribution in [0.5, 0.6) is 23.0 Å². The number of hydrogen-bond acceptors (Lipinski definition) is 4. The molecule has 0 saturated carbocycles. The van der Waals surface area contributed by atoms with E-state index in [1.807, 2.05) is 73.1 Å². The fourth-order valence-electron chi connectivity index (χ4n) is 7.32. The Hall–Kier alpha value is -5.31. The Bertz CT molecular complexity index is 2330. The molecule has 0 bridgehead atoms. The van der Waals surface area contributed by atoms with Crippen LogP contribution in [0, 0.1) is 26.0 Å². The van der Waals surface area contributed by atoms with E-state index in [1.54, 1.807) is 0 Å². The summed E-state index contributed by atoms with van der Waals surface area (Å²) in [7, 11) is 0. The minimum absolute atomic E-state index is 0. The first-order valence-corrected chi connectivity index (χ1v) is 17.3. The van der Waals surface area contributed by atoms with E-state index < -0.39 is 5.41 Å². The summed E-state index contributed by atoms with van der Waals surface area (Å²) in [5, 5.41) is 0. The van der Waals surface area contributed by atoms with Gasteiger partial charge in [0.2, 0.25) is 0 Å². The number of ether oxygens (including phenoxy) is 2. The summed E-state index contributed by atoms with van der Waals surface area (Å²) in [6, 6.07) is 50.6. The van der Waals surface area contributed by atoms with Crippen molar-refractivity contribution in [2.75, 3.05) is 0 Å². The molecular weight excluding hydrogens is 820 g/mol. The van der Waals surface area contributed by atoms with Gasteiger partial charge in [0.05, 0.1) is 11.1 Å². The molecule has 4 nitrogen and oxygen atoms in total. The average molecular weight is 858 g/mol. The van der Waals surface area contributed by atoms with Gasteiger partial charge in [-0.3, -0.25) is 4.98 Å². The Morgan fingerprint density at radius 1 is 0.635 bits per heavy atom. The number of pyridine rings is 2. The van der Waals surface area contributed by atoms with Gasteiger partial charge in [-0.05, 0) is 77.5 Å². The Kier molecular flexibility index (Phi) is 9.46. The van der Waals surface area contributed by atoms with Crippen molar-refractivity contribution in [3.8, 4) is 45.4 Å². The number of benzene rings is 5. The fourth-order valence-corrected chi connectivity index (χ4v) is 7.32. The molecule has 1 aliphatic heterocycles. The summed E-state index contributed by atoms with van der Waals surface area (Å²) in [6.07, 6.45) is 3.73. The number of nitrogens with zero attached hydrogens (tertiary/aromatic N) is 2. The van der Waals surface area contributed by atoms with Crippen LogP contribution in [0.25, 0.3) is 22.4 Å². The van der Waals surface area contributed by atoms with Crippen molar-refractivity contribution < 1.29 is 30.5 Å². The smallest absolute Gasteiger partial charge is 0.503 e. The quantitative estimate of drug-likeness (QED) is 0.156. The SMILES string of the molecule is Cc1cccc(C)c1-c1cc(Oc2[c-]c(C3(c4ccccn4)c4ccccc4Oc4ccccc43)ccc2)[c-]c(-c2cc(C(C)(C)C)ccn2)c1.[Pt+2]. The third-order valence-corrected chi connectivity index (χ3v) is 9.76. The van der Waals surface area contributed by atoms with Gasteiger partial charge in [0.1, 0.15) is 11.5 Å². The van der Waals surface area contributed by atoms with Crippen LogP contribution in [0.3, 0.4) is 0 Å². The second-order valence-corrected chi connectivity index (χ2v) is 14.2. The van der Waals surface area contributed by atoms with E-state index in [4.69, 9.17) is 19.4 Å². The summed E-state index contributed by atoms with van der Waals surface area (Å²) in [5.41, 5.74) is 10.4. The zero-order valence-electron chi connectivity index (χ0n) is 29.8. The van der Waals surface area contributed by atoms with Crippen molar-refractivity contribution >= 4 is 0 Å². The van der Waals surface area contributed by atoms with Crippen molar-refractivity contribution in [2.24, 2.45) is 0 Å². The third kappa shape index (κ3) is 6.26. The molecule has 8 rings (SSSR count). The molecule has 0 N–H and O–H groups in total. The summed E-state index contributed by atoms with van der Waals surface area (Å²) in [6.45, 7) is 10.9. The first kappa shape index (κ1) is 35.1. The van der Waals surface area contributed by atoms with Crippen LogP contribution in [0.2, 0.25) is 0 Å².